The fourth-order valence-electron chi connectivity index (χ4n) is 2.13. The van der Waals surface area contributed by atoms with Crippen LogP contribution in [0.5, 0.6) is 0 Å². The van der Waals surface area contributed by atoms with Crippen LogP contribution in [0, 0.1) is 11.3 Å². The maximum absolute atomic E-state index is 11.6. The van der Waals surface area contributed by atoms with Gasteiger partial charge in [-0.05, 0) is 43.6 Å². The van der Waals surface area contributed by atoms with Gasteiger partial charge in [-0.15, -0.1) is 0 Å². The SMILES string of the molecule is CCCNC(CCCS(=O)(=O)CC)CC(C)C(C)(C)C. The fourth-order valence-corrected chi connectivity index (χ4v) is 3.02. The summed E-state index contributed by atoms with van der Waals surface area (Å²) in [5.41, 5.74) is 0.307. The zero-order valence-electron chi connectivity index (χ0n) is 14.3. The normalized spacial score (nSPS) is 16.1. The van der Waals surface area contributed by atoms with E-state index in [1.54, 1.807) is 6.92 Å². The molecule has 0 fully saturated rings. The van der Waals surface area contributed by atoms with E-state index in [1.165, 1.54) is 0 Å². The summed E-state index contributed by atoms with van der Waals surface area (Å²) in [6, 6.07) is 0.441. The van der Waals surface area contributed by atoms with Crippen molar-refractivity contribution in [3.63, 3.8) is 0 Å². The molecule has 4 heteroatoms. The number of rotatable bonds is 10. The van der Waals surface area contributed by atoms with Crippen molar-refractivity contribution in [2.24, 2.45) is 11.3 Å². The Bertz CT molecular complexity index is 344. The van der Waals surface area contributed by atoms with Crippen LogP contribution in [0.25, 0.3) is 0 Å². The molecule has 2 atom stereocenters. The van der Waals surface area contributed by atoms with Crippen LogP contribution in [0.2, 0.25) is 0 Å². The zero-order chi connectivity index (χ0) is 15.8. The molecule has 0 bridgehead atoms. The average Bonchev–Trinajstić information content (AvgIpc) is 2.34. The highest BCUT2D eigenvalue weighted by Crippen LogP contribution is 2.29. The molecule has 0 rings (SSSR count). The van der Waals surface area contributed by atoms with Crippen LogP contribution in [0.15, 0.2) is 0 Å². The van der Waals surface area contributed by atoms with Crippen molar-refractivity contribution in [3.8, 4) is 0 Å². The molecule has 0 amide bonds. The van der Waals surface area contributed by atoms with Gasteiger partial charge in [0.2, 0.25) is 0 Å². The summed E-state index contributed by atoms with van der Waals surface area (Å²) in [6.07, 6.45) is 3.97. The van der Waals surface area contributed by atoms with Crippen molar-refractivity contribution in [2.75, 3.05) is 18.1 Å². The predicted octanol–water partition coefficient (Wildman–Crippen LogP) is 3.64. The molecular weight excluding hydrogens is 270 g/mol. The molecule has 0 spiro atoms. The molecule has 0 aliphatic rings. The number of hydrogen-bond donors (Lipinski definition) is 1. The molecule has 0 radical (unpaired) electrons. The first-order valence-corrected chi connectivity index (χ1v) is 9.88. The monoisotopic (exact) mass is 305 g/mol. The van der Waals surface area contributed by atoms with Crippen molar-refractivity contribution in [1.29, 1.82) is 0 Å². The van der Waals surface area contributed by atoms with E-state index in [1.807, 2.05) is 0 Å². The quantitative estimate of drug-likeness (QED) is 0.670. The molecule has 3 nitrogen and oxygen atoms in total. The van der Waals surface area contributed by atoms with E-state index < -0.39 is 9.84 Å². The maximum Gasteiger partial charge on any atom is 0.150 e. The first-order valence-electron chi connectivity index (χ1n) is 8.06. The molecule has 122 valence electrons. The van der Waals surface area contributed by atoms with Crippen molar-refractivity contribution >= 4 is 9.84 Å². The second-order valence-corrected chi connectivity index (χ2v) is 9.51. The van der Waals surface area contributed by atoms with Gasteiger partial charge in [0.25, 0.3) is 0 Å². The zero-order valence-corrected chi connectivity index (χ0v) is 15.1. The minimum Gasteiger partial charge on any atom is -0.314 e. The van der Waals surface area contributed by atoms with Gasteiger partial charge in [0.15, 0.2) is 0 Å². The Hall–Kier alpha value is -0.0900. The molecule has 0 saturated carbocycles. The van der Waals surface area contributed by atoms with Crippen LogP contribution in [0.1, 0.15) is 67.2 Å². The minimum atomic E-state index is -2.82. The fraction of sp³-hybridized carbons (Fsp3) is 1.00. The number of hydrogen-bond acceptors (Lipinski definition) is 3. The van der Waals surface area contributed by atoms with Crippen LogP contribution >= 0.6 is 0 Å². The molecule has 0 aromatic rings. The summed E-state index contributed by atoms with van der Waals surface area (Å²) in [5.74, 6) is 1.22. The molecule has 0 aliphatic heterocycles. The molecule has 0 aromatic heterocycles. The van der Waals surface area contributed by atoms with E-state index in [2.05, 4.69) is 39.9 Å². The smallest absolute Gasteiger partial charge is 0.150 e. The summed E-state index contributed by atoms with van der Waals surface area (Å²) in [5, 5.41) is 3.58. The molecule has 2 unspecified atom stereocenters. The lowest BCUT2D eigenvalue weighted by molar-refractivity contribution is 0.218. The topological polar surface area (TPSA) is 46.2 Å². The van der Waals surface area contributed by atoms with E-state index in [4.69, 9.17) is 0 Å². The molecule has 0 heterocycles. The van der Waals surface area contributed by atoms with E-state index in [-0.39, 0.29) is 5.75 Å². The molecule has 0 saturated heterocycles. The lowest BCUT2D eigenvalue weighted by atomic mass is 9.78. The molecule has 0 aromatic carbocycles. The van der Waals surface area contributed by atoms with E-state index in [0.717, 1.165) is 32.2 Å². The first-order chi connectivity index (χ1) is 9.12. The summed E-state index contributed by atoms with van der Waals surface area (Å²) in [6.45, 7) is 14.0. The van der Waals surface area contributed by atoms with Gasteiger partial charge >= 0.3 is 0 Å². The Morgan fingerprint density at radius 1 is 1.15 bits per heavy atom. The van der Waals surface area contributed by atoms with Gasteiger partial charge in [0.1, 0.15) is 9.84 Å². The minimum absolute atomic E-state index is 0.262. The molecule has 0 aliphatic carbocycles. The second kappa shape index (κ2) is 9.04. The number of sulfone groups is 1. The van der Waals surface area contributed by atoms with Crippen molar-refractivity contribution in [2.45, 2.75) is 73.3 Å². The Morgan fingerprint density at radius 2 is 1.75 bits per heavy atom. The first kappa shape index (κ1) is 19.9. The lowest BCUT2D eigenvalue weighted by Crippen LogP contribution is -2.34. The van der Waals surface area contributed by atoms with Crippen LogP contribution in [-0.4, -0.2) is 32.5 Å². The Kier molecular flexibility index (Phi) is 8.99. The van der Waals surface area contributed by atoms with Gasteiger partial charge in [0, 0.05) is 11.8 Å². The van der Waals surface area contributed by atoms with Gasteiger partial charge in [-0.1, -0.05) is 41.5 Å². The Labute approximate surface area is 126 Å². The molecule has 20 heavy (non-hydrogen) atoms. The maximum atomic E-state index is 11.6. The third kappa shape index (κ3) is 8.96. The second-order valence-electron chi connectivity index (χ2n) is 7.03. The lowest BCUT2D eigenvalue weighted by Gasteiger charge is -2.31. The van der Waals surface area contributed by atoms with Gasteiger partial charge in [-0.3, -0.25) is 0 Å². The van der Waals surface area contributed by atoms with E-state index >= 15 is 0 Å². The summed E-state index contributed by atoms with van der Waals surface area (Å²) in [7, 11) is -2.82. The average molecular weight is 306 g/mol. The third-order valence-electron chi connectivity index (χ3n) is 4.25. The largest absolute Gasteiger partial charge is 0.314 e. The summed E-state index contributed by atoms with van der Waals surface area (Å²) in [4.78, 5) is 0. The molecule has 1 N–H and O–H groups in total. The highest BCUT2D eigenvalue weighted by molar-refractivity contribution is 7.91. The van der Waals surface area contributed by atoms with Gasteiger partial charge in [-0.25, -0.2) is 8.42 Å². The Balaban J connectivity index is 4.35. The van der Waals surface area contributed by atoms with E-state index in [0.29, 0.717) is 23.1 Å². The van der Waals surface area contributed by atoms with Gasteiger partial charge < -0.3 is 5.32 Å². The van der Waals surface area contributed by atoms with E-state index in [9.17, 15) is 8.42 Å². The summed E-state index contributed by atoms with van der Waals surface area (Å²) >= 11 is 0. The highest BCUT2D eigenvalue weighted by atomic mass is 32.2. The van der Waals surface area contributed by atoms with Crippen molar-refractivity contribution in [3.05, 3.63) is 0 Å². The van der Waals surface area contributed by atoms with Crippen LogP contribution in [-0.2, 0) is 9.84 Å². The highest BCUT2D eigenvalue weighted by Gasteiger charge is 2.23. The Morgan fingerprint density at radius 3 is 2.20 bits per heavy atom. The van der Waals surface area contributed by atoms with Crippen molar-refractivity contribution < 1.29 is 8.42 Å². The third-order valence-corrected chi connectivity index (χ3v) is 6.04. The van der Waals surface area contributed by atoms with Crippen LogP contribution in [0.3, 0.4) is 0 Å². The molecular formula is C16H35NO2S. The standard InChI is InChI=1S/C16H35NO2S/c1-7-11-17-15(13-14(3)16(4,5)6)10-9-12-20(18,19)8-2/h14-15,17H,7-13H2,1-6H3. The predicted molar refractivity (Wildman–Crippen MR) is 88.9 cm³/mol. The van der Waals surface area contributed by atoms with Gasteiger partial charge in [0.05, 0.1) is 5.75 Å². The summed E-state index contributed by atoms with van der Waals surface area (Å²) < 4.78 is 23.1. The van der Waals surface area contributed by atoms with Crippen LogP contribution < -0.4 is 5.32 Å². The number of nitrogens with one attached hydrogen (secondary N) is 1. The van der Waals surface area contributed by atoms with Crippen molar-refractivity contribution in [1.82, 2.24) is 5.32 Å². The van der Waals surface area contributed by atoms with Gasteiger partial charge in [-0.2, -0.15) is 0 Å². The van der Waals surface area contributed by atoms with Crippen LogP contribution in [0.4, 0.5) is 0 Å².